The van der Waals surface area contributed by atoms with Gasteiger partial charge in [0.1, 0.15) is 0 Å². The lowest BCUT2D eigenvalue weighted by Crippen LogP contribution is -2.15. The van der Waals surface area contributed by atoms with Crippen LogP contribution in [0.4, 0.5) is 18.9 Å². The molecule has 0 saturated carbocycles. The fourth-order valence-corrected chi connectivity index (χ4v) is 3.83. The summed E-state index contributed by atoms with van der Waals surface area (Å²) < 4.78 is 84.3. The number of sulfonamides is 1. The van der Waals surface area contributed by atoms with Crippen LogP contribution in [0, 0.1) is 0 Å². The highest BCUT2D eigenvalue weighted by atomic mass is 32.2. The number of rotatable bonds is 6. The zero-order chi connectivity index (χ0) is 20.5. The van der Waals surface area contributed by atoms with E-state index in [9.17, 15) is 30.0 Å². The molecule has 11 heteroatoms. The van der Waals surface area contributed by atoms with E-state index < -0.39 is 31.6 Å². The largest absolute Gasteiger partial charge is 0.416 e. The van der Waals surface area contributed by atoms with Crippen LogP contribution >= 0.6 is 0 Å². The Morgan fingerprint density at radius 2 is 1.59 bits per heavy atom. The van der Waals surface area contributed by atoms with Crippen molar-refractivity contribution in [2.75, 3.05) is 18.1 Å². The van der Waals surface area contributed by atoms with Crippen molar-refractivity contribution < 1.29 is 30.0 Å². The SMILES string of the molecule is CS(=O)(=O)c1cc(S(N)(=O)=O)ccc1NCCc1ccc(C(F)(F)F)cc1. The Morgan fingerprint density at radius 3 is 2.07 bits per heavy atom. The first-order valence-electron chi connectivity index (χ1n) is 7.55. The number of hydrogen-bond donors (Lipinski definition) is 2. The molecule has 0 aliphatic carbocycles. The van der Waals surface area contributed by atoms with Crippen molar-refractivity contribution in [2.45, 2.75) is 22.4 Å². The molecule has 148 valence electrons. The molecule has 0 saturated heterocycles. The molecule has 3 N–H and O–H groups in total. The van der Waals surface area contributed by atoms with Crippen molar-refractivity contribution in [3.63, 3.8) is 0 Å². The second-order valence-electron chi connectivity index (χ2n) is 5.85. The van der Waals surface area contributed by atoms with Gasteiger partial charge >= 0.3 is 6.18 Å². The summed E-state index contributed by atoms with van der Waals surface area (Å²) >= 11 is 0. The molecule has 0 aromatic heterocycles. The Labute approximate surface area is 155 Å². The van der Waals surface area contributed by atoms with Crippen LogP contribution in [-0.4, -0.2) is 29.6 Å². The van der Waals surface area contributed by atoms with Crippen LogP contribution < -0.4 is 10.5 Å². The van der Waals surface area contributed by atoms with E-state index in [1.165, 1.54) is 24.3 Å². The Kier molecular flexibility index (Phi) is 5.88. The molecule has 0 amide bonds. The van der Waals surface area contributed by atoms with E-state index >= 15 is 0 Å². The summed E-state index contributed by atoms with van der Waals surface area (Å²) in [6, 6.07) is 8.03. The van der Waals surface area contributed by atoms with Crippen LogP contribution in [0.25, 0.3) is 0 Å². The van der Waals surface area contributed by atoms with Crippen molar-refractivity contribution >= 4 is 25.5 Å². The third kappa shape index (κ3) is 5.68. The van der Waals surface area contributed by atoms with Gasteiger partial charge < -0.3 is 5.32 Å². The zero-order valence-corrected chi connectivity index (χ0v) is 15.7. The molecule has 6 nitrogen and oxygen atoms in total. The molecular formula is C16H17F3N2O4S2. The van der Waals surface area contributed by atoms with Gasteiger partial charge in [-0.1, -0.05) is 12.1 Å². The third-order valence-electron chi connectivity index (χ3n) is 3.69. The standard InChI is InChI=1S/C16H17F3N2O4S2/c1-26(22,23)15-10-13(27(20,24)25)6-7-14(15)21-9-8-11-2-4-12(5-3-11)16(17,18)19/h2-7,10,21H,8-9H2,1H3,(H2,20,24,25). The minimum absolute atomic E-state index is 0.178. The number of nitrogens with one attached hydrogen (secondary N) is 1. The van der Waals surface area contributed by atoms with E-state index in [-0.39, 0.29) is 22.0 Å². The van der Waals surface area contributed by atoms with Crippen LogP contribution in [-0.2, 0) is 32.5 Å². The lowest BCUT2D eigenvalue weighted by Gasteiger charge is -2.13. The summed E-state index contributed by atoms with van der Waals surface area (Å²) in [6.07, 6.45) is -3.15. The number of anilines is 1. The molecule has 0 aliphatic rings. The van der Waals surface area contributed by atoms with Crippen LogP contribution in [0.5, 0.6) is 0 Å². The smallest absolute Gasteiger partial charge is 0.384 e. The van der Waals surface area contributed by atoms with Gasteiger partial charge in [0.05, 0.1) is 21.0 Å². The molecule has 2 aromatic rings. The maximum atomic E-state index is 12.5. The average Bonchev–Trinajstić information content (AvgIpc) is 2.53. The molecule has 0 aliphatic heterocycles. The first-order chi connectivity index (χ1) is 12.3. The van der Waals surface area contributed by atoms with Gasteiger partial charge in [-0.15, -0.1) is 0 Å². The lowest BCUT2D eigenvalue weighted by molar-refractivity contribution is -0.137. The maximum absolute atomic E-state index is 12.5. The van der Waals surface area contributed by atoms with Gasteiger partial charge in [0.2, 0.25) is 10.0 Å². The highest BCUT2D eigenvalue weighted by Gasteiger charge is 2.29. The van der Waals surface area contributed by atoms with Crippen molar-refractivity contribution in [1.82, 2.24) is 0 Å². The quantitative estimate of drug-likeness (QED) is 0.744. The predicted molar refractivity (Wildman–Crippen MR) is 94.6 cm³/mol. The van der Waals surface area contributed by atoms with Crippen LogP contribution in [0.3, 0.4) is 0 Å². The topological polar surface area (TPSA) is 106 Å². The third-order valence-corrected chi connectivity index (χ3v) is 5.74. The Bertz CT molecular complexity index is 1030. The maximum Gasteiger partial charge on any atom is 0.416 e. The van der Waals surface area contributed by atoms with Gasteiger partial charge in [0.25, 0.3) is 0 Å². The minimum atomic E-state index is -4.41. The van der Waals surface area contributed by atoms with Crippen LogP contribution in [0.2, 0.25) is 0 Å². The minimum Gasteiger partial charge on any atom is -0.384 e. The van der Waals surface area contributed by atoms with Crippen LogP contribution in [0.15, 0.2) is 52.3 Å². The fourth-order valence-electron chi connectivity index (χ4n) is 2.33. The number of hydrogen-bond acceptors (Lipinski definition) is 5. The highest BCUT2D eigenvalue weighted by Crippen LogP contribution is 2.29. The lowest BCUT2D eigenvalue weighted by atomic mass is 10.1. The second-order valence-corrected chi connectivity index (χ2v) is 9.39. The summed E-state index contributed by atoms with van der Waals surface area (Å²) in [4.78, 5) is -0.572. The van der Waals surface area contributed by atoms with Gasteiger partial charge in [-0.05, 0) is 42.3 Å². The first kappa shape index (κ1) is 21.2. The van der Waals surface area contributed by atoms with Crippen molar-refractivity contribution in [2.24, 2.45) is 5.14 Å². The number of alkyl halides is 3. The van der Waals surface area contributed by atoms with E-state index in [1.807, 2.05) is 0 Å². The summed E-state index contributed by atoms with van der Waals surface area (Å²) in [7, 11) is -7.81. The first-order valence-corrected chi connectivity index (χ1v) is 11.0. The second kappa shape index (κ2) is 7.49. The van der Waals surface area contributed by atoms with Crippen molar-refractivity contribution in [3.05, 3.63) is 53.6 Å². The number of primary sulfonamides is 1. The van der Waals surface area contributed by atoms with Gasteiger partial charge in [-0.3, -0.25) is 0 Å². The van der Waals surface area contributed by atoms with Gasteiger partial charge in [0, 0.05) is 12.8 Å². The molecule has 0 radical (unpaired) electrons. The number of halogens is 3. The summed E-state index contributed by atoms with van der Waals surface area (Å²) in [5.41, 5.74) is 0.0477. The highest BCUT2D eigenvalue weighted by molar-refractivity contribution is 7.91. The molecular weight excluding hydrogens is 405 g/mol. The molecule has 0 atom stereocenters. The Balaban J connectivity index is 2.16. The molecule has 0 heterocycles. The number of sulfone groups is 1. The van der Waals surface area contributed by atoms with E-state index in [1.54, 1.807) is 0 Å². The van der Waals surface area contributed by atoms with E-state index in [0.29, 0.717) is 12.0 Å². The summed E-state index contributed by atoms with van der Waals surface area (Å²) in [5.74, 6) is 0. The van der Waals surface area contributed by atoms with Crippen LogP contribution in [0.1, 0.15) is 11.1 Å². The fraction of sp³-hybridized carbons (Fsp3) is 0.250. The molecule has 2 aromatic carbocycles. The molecule has 0 bridgehead atoms. The number of benzene rings is 2. The summed E-state index contributed by atoms with van der Waals surface area (Å²) in [5, 5.41) is 7.87. The van der Waals surface area contributed by atoms with E-state index in [4.69, 9.17) is 5.14 Å². The molecule has 0 spiro atoms. The van der Waals surface area contributed by atoms with E-state index in [2.05, 4.69) is 5.32 Å². The van der Waals surface area contributed by atoms with Crippen molar-refractivity contribution in [1.29, 1.82) is 0 Å². The van der Waals surface area contributed by atoms with Gasteiger partial charge in [-0.2, -0.15) is 13.2 Å². The molecule has 27 heavy (non-hydrogen) atoms. The predicted octanol–water partition coefficient (Wildman–Crippen LogP) is 2.41. The van der Waals surface area contributed by atoms with Gasteiger partial charge in [-0.25, -0.2) is 22.0 Å². The Morgan fingerprint density at radius 1 is 1.00 bits per heavy atom. The molecule has 2 rings (SSSR count). The summed E-state index contributed by atoms with van der Waals surface area (Å²) in [6.45, 7) is 0.225. The normalized spacial score (nSPS) is 12.8. The van der Waals surface area contributed by atoms with Crippen molar-refractivity contribution in [3.8, 4) is 0 Å². The van der Waals surface area contributed by atoms with E-state index in [0.717, 1.165) is 24.5 Å². The molecule has 0 fully saturated rings. The number of nitrogens with two attached hydrogens (primary N) is 1. The van der Waals surface area contributed by atoms with Gasteiger partial charge in [0.15, 0.2) is 9.84 Å². The monoisotopic (exact) mass is 422 g/mol. The average molecular weight is 422 g/mol. The Hall–Kier alpha value is -2.11. The molecule has 0 unspecified atom stereocenters. The zero-order valence-electron chi connectivity index (χ0n) is 14.1.